The Bertz CT molecular complexity index is 26.1. The van der Waals surface area contributed by atoms with Crippen molar-refractivity contribution in [2.45, 2.75) is 0 Å². The van der Waals surface area contributed by atoms with E-state index in [1.165, 1.54) is 11.5 Å². The van der Waals surface area contributed by atoms with Crippen LogP contribution >= 0.6 is 36.2 Å². The van der Waals surface area contributed by atoms with E-state index in [1.54, 1.807) is 0 Å². The minimum absolute atomic E-state index is 0.959. The van der Waals surface area contributed by atoms with E-state index in [4.69, 9.17) is 0 Å². The normalized spacial score (nSPS) is 9.43. The van der Waals surface area contributed by atoms with E-state index in [9.17, 15) is 0 Å². The molecule has 0 rings (SSSR count). The van der Waals surface area contributed by atoms with Gasteiger partial charge in [-0.1, -0.05) is 0 Å². The number of rotatable bonds is 4. The highest BCUT2D eigenvalue weighted by atomic mass is 32.2. The molecule has 0 aliphatic carbocycles. The minimum atomic E-state index is 0.959. The van der Waals surface area contributed by atoms with Crippen LogP contribution in [0, 0.1) is 0 Å². The summed E-state index contributed by atoms with van der Waals surface area (Å²) in [6.07, 6.45) is 2.12. The average molecular weight is 154 g/mol. The first-order valence-electron chi connectivity index (χ1n) is 2.09. The first kappa shape index (κ1) is 8.05. The lowest BCUT2D eigenvalue weighted by Crippen LogP contribution is -1.79. The Morgan fingerprint density at radius 2 is 2.14 bits per heavy atom. The summed E-state index contributed by atoms with van der Waals surface area (Å²) in [5.41, 5.74) is 0. The molecule has 0 nitrogen and oxygen atoms in total. The third-order valence-corrected chi connectivity index (χ3v) is 2.62. The van der Waals surface area contributed by atoms with Gasteiger partial charge in [-0.3, -0.25) is 0 Å². The molecular formula is C4H10S3. The Morgan fingerprint density at radius 1 is 1.43 bits per heavy atom. The van der Waals surface area contributed by atoms with Crippen LogP contribution in [-0.4, -0.2) is 22.8 Å². The molecule has 44 valence electrons. The number of thioether (sulfide) groups is 2. The van der Waals surface area contributed by atoms with Gasteiger partial charge in [-0.25, -0.2) is 0 Å². The summed E-state index contributed by atoms with van der Waals surface area (Å²) >= 11 is 7.81. The molecule has 0 saturated carbocycles. The summed E-state index contributed by atoms with van der Waals surface area (Å²) in [5.74, 6) is 2.50. The van der Waals surface area contributed by atoms with Gasteiger partial charge in [-0.15, -0.1) is 0 Å². The largest absolute Gasteiger partial charge is 0.168 e. The molecule has 0 atom stereocenters. The average Bonchev–Trinajstić information content (AvgIpc) is 1.69. The topological polar surface area (TPSA) is 0 Å². The molecular weight excluding hydrogens is 144 g/mol. The fourth-order valence-corrected chi connectivity index (χ4v) is 1.86. The summed E-state index contributed by atoms with van der Waals surface area (Å²) in [6.45, 7) is 0. The molecule has 0 aliphatic heterocycles. The molecule has 0 spiro atoms. The van der Waals surface area contributed by atoms with E-state index in [0.717, 1.165) is 5.08 Å². The van der Waals surface area contributed by atoms with Crippen molar-refractivity contribution in [2.75, 3.05) is 22.8 Å². The summed E-state index contributed by atoms with van der Waals surface area (Å²) < 4.78 is 0. The van der Waals surface area contributed by atoms with Crippen LogP contribution in [0.15, 0.2) is 0 Å². The van der Waals surface area contributed by atoms with E-state index < -0.39 is 0 Å². The molecule has 0 heterocycles. The summed E-state index contributed by atoms with van der Waals surface area (Å²) in [6, 6.07) is 0. The van der Waals surface area contributed by atoms with E-state index in [2.05, 4.69) is 18.9 Å². The lowest BCUT2D eigenvalue weighted by molar-refractivity contribution is 1.56. The van der Waals surface area contributed by atoms with Crippen molar-refractivity contribution in [3.63, 3.8) is 0 Å². The van der Waals surface area contributed by atoms with Gasteiger partial charge >= 0.3 is 0 Å². The van der Waals surface area contributed by atoms with Crippen LogP contribution in [-0.2, 0) is 0 Å². The van der Waals surface area contributed by atoms with Crippen LogP contribution < -0.4 is 0 Å². The molecule has 0 saturated heterocycles. The third kappa shape index (κ3) is 7.05. The van der Waals surface area contributed by atoms with E-state index in [1.807, 2.05) is 23.5 Å². The van der Waals surface area contributed by atoms with Crippen LogP contribution in [0.1, 0.15) is 0 Å². The fraction of sp³-hybridized carbons (Fsp3) is 1.00. The van der Waals surface area contributed by atoms with Crippen molar-refractivity contribution in [1.82, 2.24) is 0 Å². The van der Waals surface area contributed by atoms with Crippen molar-refractivity contribution in [2.24, 2.45) is 0 Å². The van der Waals surface area contributed by atoms with Gasteiger partial charge in [0.2, 0.25) is 0 Å². The standard InChI is InChI=1S/C4H10S3/c1-6-2-3-7-4-5/h5H,2-4H2,1H3. The third-order valence-electron chi connectivity index (χ3n) is 0.523. The molecule has 0 aliphatic rings. The monoisotopic (exact) mass is 154 g/mol. The van der Waals surface area contributed by atoms with Crippen molar-refractivity contribution >= 4 is 36.2 Å². The van der Waals surface area contributed by atoms with Gasteiger partial charge in [0.05, 0.1) is 0 Å². The van der Waals surface area contributed by atoms with Gasteiger partial charge in [0, 0.05) is 16.6 Å². The molecule has 0 aromatic rings. The van der Waals surface area contributed by atoms with Crippen LogP contribution in [0.5, 0.6) is 0 Å². The molecule has 7 heavy (non-hydrogen) atoms. The number of thiol groups is 1. The molecule has 0 fully saturated rings. The Morgan fingerprint density at radius 3 is 2.57 bits per heavy atom. The number of hydrogen-bond acceptors (Lipinski definition) is 3. The van der Waals surface area contributed by atoms with Gasteiger partial charge in [-0.2, -0.15) is 36.2 Å². The molecule has 0 radical (unpaired) electrons. The molecule has 0 amide bonds. The molecule has 0 bridgehead atoms. The second kappa shape index (κ2) is 7.05. The smallest absolute Gasteiger partial charge is 0.0362 e. The van der Waals surface area contributed by atoms with Crippen LogP contribution in [0.4, 0.5) is 0 Å². The zero-order valence-corrected chi connectivity index (χ0v) is 6.91. The molecule has 3 heteroatoms. The maximum Gasteiger partial charge on any atom is 0.0362 e. The Balaban J connectivity index is 2.45. The Kier molecular flexibility index (Phi) is 8.11. The second-order valence-corrected chi connectivity index (χ2v) is 3.87. The van der Waals surface area contributed by atoms with Gasteiger partial charge in [0.25, 0.3) is 0 Å². The van der Waals surface area contributed by atoms with Crippen molar-refractivity contribution in [1.29, 1.82) is 0 Å². The molecule has 0 N–H and O–H groups in total. The lowest BCUT2D eigenvalue weighted by Gasteiger charge is -1.90. The Hall–Kier alpha value is 1.05. The van der Waals surface area contributed by atoms with E-state index in [-0.39, 0.29) is 0 Å². The maximum atomic E-state index is 4.05. The first-order valence-corrected chi connectivity index (χ1v) is 5.27. The summed E-state index contributed by atoms with van der Waals surface area (Å²) in [7, 11) is 0. The fourth-order valence-electron chi connectivity index (χ4n) is 0.207. The van der Waals surface area contributed by atoms with Crippen LogP contribution in [0.25, 0.3) is 0 Å². The van der Waals surface area contributed by atoms with Gasteiger partial charge in [-0.05, 0) is 6.26 Å². The Labute approximate surface area is 59.2 Å². The van der Waals surface area contributed by atoms with Crippen LogP contribution in [0.3, 0.4) is 0 Å². The number of hydrogen-bond donors (Lipinski definition) is 1. The minimum Gasteiger partial charge on any atom is -0.168 e. The van der Waals surface area contributed by atoms with E-state index in [0.29, 0.717) is 0 Å². The van der Waals surface area contributed by atoms with Gasteiger partial charge in [0.1, 0.15) is 0 Å². The predicted molar refractivity (Wildman–Crippen MR) is 44.7 cm³/mol. The molecule has 0 unspecified atom stereocenters. The van der Waals surface area contributed by atoms with Crippen LogP contribution in [0.2, 0.25) is 0 Å². The zero-order chi connectivity index (χ0) is 5.54. The maximum absolute atomic E-state index is 4.05. The summed E-state index contributed by atoms with van der Waals surface area (Å²) in [5, 5.41) is 0.959. The molecule has 0 aromatic heterocycles. The zero-order valence-electron chi connectivity index (χ0n) is 4.39. The highest BCUT2D eigenvalue weighted by Crippen LogP contribution is 2.04. The van der Waals surface area contributed by atoms with Gasteiger partial charge < -0.3 is 0 Å². The highest BCUT2D eigenvalue weighted by molar-refractivity contribution is 8.10. The van der Waals surface area contributed by atoms with Crippen molar-refractivity contribution in [3.8, 4) is 0 Å². The lowest BCUT2D eigenvalue weighted by atomic mass is 11.0. The first-order chi connectivity index (χ1) is 3.41. The summed E-state index contributed by atoms with van der Waals surface area (Å²) in [4.78, 5) is 0. The quantitative estimate of drug-likeness (QED) is 0.373. The van der Waals surface area contributed by atoms with E-state index >= 15 is 0 Å². The van der Waals surface area contributed by atoms with Crippen molar-refractivity contribution in [3.05, 3.63) is 0 Å². The molecule has 0 aromatic carbocycles. The SMILES string of the molecule is CSCCSCS. The van der Waals surface area contributed by atoms with Crippen molar-refractivity contribution < 1.29 is 0 Å². The highest BCUT2D eigenvalue weighted by Gasteiger charge is 1.80. The second-order valence-electron chi connectivity index (χ2n) is 1.03. The predicted octanol–water partition coefficient (Wildman–Crippen LogP) is 1.97. The van der Waals surface area contributed by atoms with Gasteiger partial charge in [0.15, 0.2) is 0 Å².